The Kier molecular flexibility index (Phi) is 8.67. The summed E-state index contributed by atoms with van der Waals surface area (Å²) in [5, 5.41) is 8.29. The summed E-state index contributed by atoms with van der Waals surface area (Å²) in [6.07, 6.45) is 9.54. The molecule has 0 saturated heterocycles. The van der Waals surface area contributed by atoms with E-state index in [0.717, 1.165) is 25.8 Å². The first-order valence-corrected chi connectivity index (χ1v) is 4.87. The van der Waals surface area contributed by atoms with Gasteiger partial charge in [0.25, 0.3) is 0 Å². The third-order valence-corrected chi connectivity index (χ3v) is 1.84. The predicted molar refractivity (Wildman–Crippen MR) is 53.5 cm³/mol. The van der Waals surface area contributed by atoms with Gasteiger partial charge in [0.2, 0.25) is 0 Å². The highest BCUT2D eigenvalue weighted by atomic mass is 16.4. The summed E-state index contributed by atoms with van der Waals surface area (Å²) < 4.78 is 0. The summed E-state index contributed by atoms with van der Waals surface area (Å²) >= 11 is 0. The van der Waals surface area contributed by atoms with Crippen molar-refractivity contribution in [1.82, 2.24) is 0 Å². The van der Waals surface area contributed by atoms with Crippen LogP contribution in [0.2, 0.25) is 0 Å². The van der Waals surface area contributed by atoms with Gasteiger partial charge in [-0.1, -0.05) is 25.3 Å². The zero-order valence-electron chi connectivity index (χ0n) is 8.04. The zero-order chi connectivity index (χ0) is 9.94. The first-order chi connectivity index (χ1) is 6.27. The largest absolute Gasteiger partial charge is 0.478 e. The van der Waals surface area contributed by atoms with E-state index in [-0.39, 0.29) is 0 Å². The molecule has 0 aliphatic heterocycles. The molecule has 0 aliphatic rings. The van der Waals surface area contributed by atoms with Gasteiger partial charge >= 0.3 is 5.97 Å². The van der Waals surface area contributed by atoms with Crippen LogP contribution in [-0.2, 0) is 4.79 Å². The highest BCUT2D eigenvalue weighted by molar-refractivity contribution is 5.79. The molecule has 0 fully saturated rings. The number of allylic oxidation sites excluding steroid dienone is 1. The first kappa shape index (κ1) is 12.2. The monoisotopic (exact) mass is 185 g/mol. The minimum Gasteiger partial charge on any atom is -0.478 e. The van der Waals surface area contributed by atoms with Gasteiger partial charge in [0, 0.05) is 6.08 Å². The molecule has 0 aromatic heterocycles. The van der Waals surface area contributed by atoms with E-state index in [1.807, 2.05) is 0 Å². The predicted octanol–water partition coefficient (Wildman–Crippen LogP) is 1.93. The average Bonchev–Trinajstić information content (AvgIpc) is 2.09. The number of carboxylic acid groups (broad SMARTS) is 1. The summed E-state index contributed by atoms with van der Waals surface area (Å²) in [4.78, 5) is 10.1. The molecular formula is C10H19NO2. The maximum absolute atomic E-state index is 10.1. The molecule has 3 nitrogen and oxygen atoms in total. The van der Waals surface area contributed by atoms with Crippen LogP contribution in [0, 0.1) is 0 Å². The van der Waals surface area contributed by atoms with Gasteiger partial charge in [0.15, 0.2) is 0 Å². The van der Waals surface area contributed by atoms with Crippen LogP contribution in [0.3, 0.4) is 0 Å². The van der Waals surface area contributed by atoms with Crippen LogP contribution in [0.1, 0.15) is 38.5 Å². The molecule has 0 spiro atoms. The van der Waals surface area contributed by atoms with E-state index < -0.39 is 5.97 Å². The molecule has 0 aromatic rings. The van der Waals surface area contributed by atoms with E-state index in [4.69, 9.17) is 10.8 Å². The van der Waals surface area contributed by atoms with E-state index in [0.29, 0.717) is 0 Å². The highest BCUT2D eigenvalue weighted by Crippen LogP contribution is 2.04. The standard InChI is InChI=1S/C10H19NO2/c11-9-7-5-3-1-2-4-6-8-10(12)13/h6,8H,1-5,7,9,11H2,(H,12,13)/b8-6+. The van der Waals surface area contributed by atoms with Crippen LogP contribution in [-0.4, -0.2) is 17.6 Å². The van der Waals surface area contributed by atoms with Crippen molar-refractivity contribution in [2.75, 3.05) is 6.54 Å². The number of aliphatic carboxylic acids is 1. The normalized spacial score (nSPS) is 10.8. The van der Waals surface area contributed by atoms with E-state index in [1.54, 1.807) is 6.08 Å². The lowest BCUT2D eigenvalue weighted by atomic mass is 10.1. The molecule has 0 amide bonds. The fourth-order valence-electron chi connectivity index (χ4n) is 1.12. The molecule has 0 atom stereocenters. The second-order valence-electron chi connectivity index (χ2n) is 3.09. The molecule has 0 aromatic carbocycles. The lowest BCUT2D eigenvalue weighted by molar-refractivity contribution is -0.131. The van der Waals surface area contributed by atoms with Crippen LogP contribution in [0.4, 0.5) is 0 Å². The van der Waals surface area contributed by atoms with Crippen LogP contribution < -0.4 is 5.73 Å². The number of unbranched alkanes of at least 4 members (excludes halogenated alkanes) is 5. The Morgan fingerprint density at radius 3 is 2.38 bits per heavy atom. The fraction of sp³-hybridized carbons (Fsp3) is 0.700. The van der Waals surface area contributed by atoms with Gasteiger partial charge in [-0.25, -0.2) is 4.79 Å². The van der Waals surface area contributed by atoms with Crippen LogP contribution in [0.5, 0.6) is 0 Å². The lowest BCUT2D eigenvalue weighted by Crippen LogP contribution is -1.97. The van der Waals surface area contributed by atoms with Crippen molar-refractivity contribution in [2.45, 2.75) is 38.5 Å². The Bertz CT molecular complexity index is 155. The molecule has 0 unspecified atom stereocenters. The highest BCUT2D eigenvalue weighted by Gasteiger charge is 1.89. The number of nitrogens with two attached hydrogens (primary N) is 1. The summed E-state index contributed by atoms with van der Waals surface area (Å²) in [6.45, 7) is 0.777. The number of hydrogen-bond donors (Lipinski definition) is 2. The molecule has 0 aliphatic carbocycles. The summed E-state index contributed by atoms with van der Waals surface area (Å²) in [7, 11) is 0. The Labute approximate surface area is 79.6 Å². The van der Waals surface area contributed by atoms with Gasteiger partial charge in [0.1, 0.15) is 0 Å². The van der Waals surface area contributed by atoms with Crippen molar-refractivity contribution in [3.8, 4) is 0 Å². The molecule has 3 heteroatoms. The molecule has 0 heterocycles. The number of rotatable bonds is 8. The molecule has 76 valence electrons. The number of carboxylic acids is 1. The Balaban J connectivity index is 3.03. The average molecular weight is 185 g/mol. The number of carbonyl (C=O) groups is 1. The maximum atomic E-state index is 10.1. The molecule has 0 bridgehead atoms. The molecule has 0 saturated carbocycles. The third kappa shape index (κ3) is 11.2. The zero-order valence-corrected chi connectivity index (χ0v) is 8.04. The smallest absolute Gasteiger partial charge is 0.327 e. The van der Waals surface area contributed by atoms with Crippen molar-refractivity contribution in [3.05, 3.63) is 12.2 Å². The van der Waals surface area contributed by atoms with E-state index in [9.17, 15) is 4.79 Å². The van der Waals surface area contributed by atoms with Crippen molar-refractivity contribution >= 4 is 5.97 Å². The maximum Gasteiger partial charge on any atom is 0.327 e. The Morgan fingerprint density at radius 2 is 1.77 bits per heavy atom. The topological polar surface area (TPSA) is 63.3 Å². The Hall–Kier alpha value is -0.830. The second-order valence-corrected chi connectivity index (χ2v) is 3.09. The minimum atomic E-state index is -0.858. The van der Waals surface area contributed by atoms with Crippen molar-refractivity contribution in [1.29, 1.82) is 0 Å². The van der Waals surface area contributed by atoms with Gasteiger partial charge in [-0.3, -0.25) is 0 Å². The molecule has 0 radical (unpaired) electrons. The van der Waals surface area contributed by atoms with Gasteiger partial charge in [-0.05, 0) is 25.8 Å². The van der Waals surface area contributed by atoms with E-state index in [1.165, 1.54) is 25.3 Å². The number of hydrogen-bond acceptors (Lipinski definition) is 2. The van der Waals surface area contributed by atoms with E-state index >= 15 is 0 Å². The summed E-state index contributed by atoms with van der Waals surface area (Å²) in [5.41, 5.74) is 5.35. The van der Waals surface area contributed by atoms with Crippen LogP contribution in [0.25, 0.3) is 0 Å². The minimum absolute atomic E-state index is 0.777. The third-order valence-electron chi connectivity index (χ3n) is 1.84. The van der Waals surface area contributed by atoms with Crippen molar-refractivity contribution in [2.24, 2.45) is 5.73 Å². The molecular weight excluding hydrogens is 166 g/mol. The molecule has 3 N–H and O–H groups in total. The van der Waals surface area contributed by atoms with Crippen molar-refractivity contribution in [3.63, 3.8) is 0 Å². The Morgan fingerprint density at radius 1 is 1.15 bits per heavy atom. The molecule has 0 rings (SSSR count). The lowest BCUT2D eigenvalue weighted by Gasteiger charge is -1.97. The first-order valence-electron chi connectivity index (χ1n) is 4.87. The van der Waals surface area contributed by atoms with Gasteiger partial charge in [0.05, 0.1) is 0 Å². The SMILES string of the molecule is NCCCCCCC/C=C/C(=O)O. The quantitative estimate of drug-likeness (QED) is 0.448. The van der Waals surface area contributed by atoms with Crippen molar-refractivity contribution < 1.29 is 9.90 Å². The molecule has 13 heavy (non-hydrogen) atoms. The fourth-order valence-corrected chi connectivity index (χ4v) is 1.12. The van der Waals surface area contributed by atoms with Crippen LogP contribution >= 0.6 is 0 Å². The van der Waals surface area contributed by atoms with Gasteiger partial charge in [-0.2, -0.15) is 0 Å². The van der Waals surface area contributed by atoms with Gasteiger partial charge < -0.3 is 10.8 Å². The van der Waals surface area contributed by atoms with Gasteiger partial charge in [-0.15, -0.1) is 0 Å². The summed E-state index contributed by atoms with van der Waals surface area (Å²) in [5.74, 6) is -0.858. The van der Waals surface area contributed by atoms with Crippen LogP contribution in [0.15, 0.2) is 12.2 Å². The summed E-state index contributed by atoms with van der Waals surface area (Å²) in [6, 6.07) is 0. The second kappa shape index (κ2) is 9.26. The van der Waals surface area contributed by atoms with E-state index in [2.05, 4.69) is 0 Å².